The number of rotatable bonds is 68. The highest BCUT2D eigenvalue weighted by Crippen LogP contribution is 2.43. The second kappa shape index (κ2) is 62.0. The fourth-order valence-electron chi connectivity index (χ4n) is 11.5. The van der Waals surface area contributed by atoms with E-state index >= 15 is 0 Å². The van der Waals surface area contributed by atoms with Crippen molar-refractivity contribution in [3.8, 4) is 0 Å². The number of quaternary nitrogens is 1. The lowest BCUT2D eigenvalue weighted by molar-refractivity contribution is -0.870. The average Bonchev–Trinajstić information content (AvgIpc) is 3.42. The van der Waals surface area contributed by atoms with Crippen molar-refractivity contribution in [2.24, 2.45) is 0 Å². The van der Waals surface area contributed by atoms with Crippen molar-refractivity contribution in [1.29, 1.82) is 0 Å². The number of aliphatic hydroxyl groups excluding tert-OH is 1. The summed E-state index contributed by atoms with van der Waals surface area (Å²) in [6.45, 7) is 4.97. The van der Waals surface area contributed by atoms with E-state index in [1.807, 2.05) is 21.1 Å². The number of nitrogens with zero attached hydrogens (tertiary/aromatic N) is 1. The zero-order valence-electron chi connectivity index (χ0n) is 54.4. The van der Waals surface area contributed by atoms with E-state index in [9.17, 15) is 19.4 Å². The molecule has 79 heavy (non-hydrogen) atoms. The van der Waals surface area contributed by atoms with Crippen LogP contribution in [0.25, 0.3) is 0 Å². The summed E-state index contributed by atoms with van der Waals surface area (Å²) in [5, 5.41) is 14.1. The van der Waals surface area contributed by atoms with Gasteiger partial charge in [-0.15, -0.1) is 0 Å². The van der Waals surface area contributed by atoms with Crippen LogP contribution in [-0.4, -0.2) is 73.4 Å². The lowest BCUT2D eigenvalue weighted by Gasteiger charge is -2.26. The number of aliphatic hydroxyl groups is 1. The first kappa shape index (κ1) is 78.5. The van der Waals surface area contributed by atoms with E-state index in [0.29, 0.717) is 23.9 Å². The van der Waals surface area contributed by atoms with E-state index in [-0.39, 0.29) is 19.1 Å². The quantitative estimate of drug-likeness (QED) is 0.0318. The lowest BCUT2D eigenvalue weighted by Crippen LogP contribution is -2.46. The zero-order chi connectivity index (χ0) is 57.7. The second-order valence-corrected chi connectivity index (χ2v) is 27.8. The molecule has 0 heterocycles. The Hall–Kier alpha value is -0.500. The Labute approximate surface area is 495 Å². The predicted molar refractivity (Wildman–Crippen MR) is 346 cm³/mol. The molecular weight excluding hydrogens is 996 g/mol. The molecule has 0 rings (SSSR count). The molecule has 0 aromatic heterocycles. The minimum atomic E-state index is -4.32. The van der Waals surface area contributed by atoms with Gasteiger partial charge in [0.15, 0.2) is 0 Å². The van der Waals surface area contributed by atoms with Crippen LogP contribution < -0.4 is 5.32 Å². The summed E-state index contributed by atoms with van der Waals surface area (Å²) in [5.74, 6) is -0.133. The third kappa shape index (κ3) is 64.9. The van der Waals surface area contributed by atoms with Crippen molar-refractivity contribution in [2.45, 2.75) is 405 Å². The molecule has 0 aromatic carbocycles. The first-order valence-corrected chi connectivity index (χ1v) is 37.4. The third-order valence-electron chi connectivity index (χ3n) is 17.1. The monoisotopic (exact) mass is 1140 g/mol. The van der Waals surface area contributed by atoms with Gasteiger partial charge in [0.25, 0.3) is 0 Å². The van der Waals surface area contributed by atoms with Gasteiger partial charge >= 0.3 is 7.82 Å². The highest BCUT2D eigenvalue weighted by atomic mass is 31.2. The summed E-state index contributed by atoms with van der Waals surface area (Å²) >= 11 is 0. The molecule has 0 fully saturated rings. The first-order valence-electron chi connectivity index (χ1n) is 35.9. The Morgan fingerprint density at radius 2 is 0.608 bits per heavy atom. The number of hydrogen-bond acceptors (Lipinski definition) is 5. The van der Waals surface area contributed by atoms with Crippen LogP contribution in [0.5, 0.6) is 0 Å². The van der Waals surface area contributed by atoms with Crippen LogP contribution in [0.2, 0.25) is 0 Å². The van der Waals surface area contributed by atoms with Gasteiger partial charge in [-0.25, -0.2) is 4.57 Å². The highest BCUT2D eigenvalue weighted by Gasteiger charge is 2.28. The van der Waals surface area contributed by atoms with Crippen molar-refractivity contribution in [1.82, 2.24) is 5.32 Å². The average molecular weight is 1140 g/mol. The normalized spacial score (nSPS) is 13.6. The maximum atomic E-state index is 13.1. The molecule has 0 aliphatic rings. The molecule has 474 valence electrons. The molecule has 0 aromatic rings. The molecule has 9 heteroatoms. The Morgan fingerprint density at radius 3 is 0.848 bits per heavy atom. The molecule has 0 bridgehead atoms. The predicted octanol–water partition coefficient (Wildman–Crippen LogP) is 22.7. The smallest absolute Gasteiger partial charge is 0.391 e. The van der Waals surface area contributed by atoms with E-state index in [1.165, 1.54) is 327 Å². The van der Waals surface area contributed by atoms with Crippen molar-refractivity contribution < 1.29 is 32.9 Å². The standard InChI is InChI=1S/C70H143N2O6P/c1-6-8-10-12-14-16-18-20-22-24-26-28-30-31-32-33-34-35-36-37-38-39-40-41-42-44-46-48-50-52-54-56-58-60-62-64-70(74)71-68(67-78-79(75,76)77-66-65-72(3,4)5)69(73)63-61-59-57-55-53-51-49-47-45-43-29-27-25-23-21-19-17-15-13-11-9-7-2/h68-69,73H,6-67H2,1-5H3,(H-,71,74,75,76)/p+1. The van der Waals surface area contributed by atoms with Crippen molar-refractivity contribution >= 4 is 13.7 Å². The number of carbonyl (C=O) groups is 1. The molecule has 0 aliphatic heterocycles. The van der Waals surface area contributed by atoms with Gasteiger partial charge in [0.05, 0.1) is 39.9 Å². The van der Waals surface area contributed by atoms with Crippen molar-refractivity contribution in [2.75, 3.05) is 40.9 Å². The zero-order valence-corrected chi connectivity index (χ0v) is 55.3. The van der Waals surface area contributed by atoms with Crippen LogP contribution in [0.3, 0.4) is 0 Å². The minimum Gasteiger partial charge on any atom is -0.391 e. The van der Waals surface area contributed by atoms with Crippen LogP contribution in [0.1, 0.15) is 393 Å². The topological polar surface area (TPSA) is 105 Å². The van der Waals surface area contributed by atoms with Crippen LogP contribution in [-0.2, 0) is 18.4 Å². The fourth-order valence-corrected chi connectivity index (χ4v) is 12.3. The van der Waals surface area contributed by atoms with Gasteiger partial charge in [0.2, 0.25) is 5.91 Å². The minimum absolute atomic E-state index is 0.0794. The van der Waals surface area contributed by atoms with Gasteiger partial charge < -0.3 is 19.8 Å². The number of nitrogens with one attached hydrogen (secondary N) is 1. The Morgan fingerprint density at radius 1 is 0.380 bits per heavy atom. The van der Waals surface area contributed by atoms with Crippen LogP contribution in [0.4, 0.5) is 0 Å². The van der Waals surface area contributed by atoms with Gasteiger partial charge in [-0.05, 0) is 12.8 Å². The van der Waals surface area contributed by atoms with E-state index in [0.717, 1.165) is 38.5 Å². The molecule has 0 aliphatic carbocycles. The number of phosphoric acid groups is 1. The first-order chi connectivity index (χ1) is 38.5. The molecule has 0 saturated heterocycles. The number of carbonyl (C=O) groups excluding carboxylic acids is 1. The maximum absolute atomic E-state index is 13.1. The van der Waals surface area contributed by atoms with E-state index in [1.54, 1.807) is 0 Å². The summed E-state index contributed by atoms with van der Waals surface area (Å²) in [6, 6.07) is -0.757. The Kier molecular flexibility index (Phi) is 61.7. The van der Waals surface area contributed by atoms with Crippen LogP contribution in [0, 0.1) is 0 Å². The summed E-state index contributed by atoms with van der Waals surface area (Å²) in [6.07, 6.45) is 77.9. The molecule has 3 N–H and O–H groups in total. The molecule has 1 amide bonds. The van der Waals surface area contributed by atoms with E-state index < -0.39 is 20.0 Å². The fraction of sp³-hybridized carbons (Fsp3) is 0.986. The summed E-state index contributed by atoms with van der Waals surface area (Å²) < 4.78 is 23.9. The molecule has 3 atom stereocenters. The largest absolute Gasteiger partial charge is 0.472 e. The van der Waals surface area contributed by atoms with Gasteiger partial charge in [-0.2, -0.15) is 0 Å². The summed E-state index contributed by atoms with van der Waals surface area (Å²) in [5.41, 5.74) is 0. The SMILES string of the molecule is CCCCCCCCCCCCCCCCCCCCCCCCCCCCCCCCCCCCCC(=O)NC(COP(=O)(O)OCC[N+](C)(C)C)C(O)CCCCCCCCCCCCCCCCCCCCCCCC. The number of phosphoric ester groups is 1. The third-order valence-corrected chi connectivity index (χ3v) is 18.1. The summed E-state index contributed by atoms with van der Waals surface area (Å²) in [4.78, 5) is 23.5. The number of unbranched alkanes of at least 4 members (excludes halogenated alkanes) is 55. The molecule has 3 unspecified atom stereocenters. The van der Waals surface area contributed by atoms with Crippen molar-refractivity contribution in [3.05, 3.63) is 0 Å². The van der Waals surface area contributed by atoms with Gasteiger partial charge in [-0.1, -0.05) is 373 Å². The molecule has 0 saturated carbocycles. The van der Waals surface area contributed by atoms with Gasteiger partial charge in [0.1, 0.15) is 13.2 Å². The molecule has 0 spiro atoms. The Balaban J connectivity index is 3.92. The lowest BCUT2D eigenvalue weighted by atomic mass is 10.0. The molecular formula is C70H144N2O6P+. The molecule has 0 radical (unpaired) electrons. The van der Waals surface area contributed by atoms with Crippen LogP contribution >= 0.6 is 7.82 Å². The van der Waals surface area contributed by atoms with Crippen molar-refractivity contribution in [3.63, 3.8) is 0 Å². The van der Waals surface area contributed by atoms with Gasteiger partial charge in [-0.3, -0.25) is 13.8 Å². The highest BCUT2D eigenvalue weighted by molar-refractivity contribution is 7.47. The summed E-state index contributed by atoms with van der Waals surface area (Å²) in [7, 11) is 1.64. The number of likely N-dealkylation sites (N-methyl/N-ethyl adjacent to an activating group) is 1. The number of amides is 1. The van der Waals surface area contributed by atoms with E-state index in [4.69, 9.17) is 9.05 Å². The van der Waals surface area contributed by atoms with Gasteiger partial charge in [0, 0.05) is 6.42 Å². The number of hydrogen-bond donors (Lipinski definition) is 3. The van der Waals surface area contributed by atoms with E-state index in [2.05, 4.69) is 19.2 Å². The van der Waals surface area contributed by atoms with Crippen LogP contribution in [0.15, 0.2) is 0 Å². The second-order valence-electron chi connectivity index (χ2n) is 26.3. The maximum Gasteiger partial charge on any atom is 0.472 e. The Bertz CT molecular complexity index is 1250. The molecule has 8 nitrogen and oxygen atoms in total.